The molecule has 0 spiro atoms. The van der Waals surface area contributed by atoms with Crippen molar-refractivity contribution < 1.29 is 9.60 Å². The van der Waals surface area contributed by atoms with E-state index >= 15 is 0 Å². The van der Waals surface area contributed by atoms with Crippen LogP contribution >= 0.6 is 0 Å². The van der Waals surface area contributed by atoms with E-state index in [2.05, 4.69) is 15.5 Å². The summed E-state index contributed by atoms with van der Waals surface area (Å²) >= 11 is 0. The molecule has 0 saturated heterocycles. The maximum Gasteiger partial charge on any atom is 0.173 e. The molecule has 2 rings (SSSR count). The van der Waals surface area contributed by atoms with Crippen molar-refractivity contribution >= 4 is 5.84 Å². The number of aromatic nitrogens is 1. The van der Waals surface area contributed by atoms with Crippen LogP contribution in [-0.2, 0) is 13.0 Å². The number of oxime groups is 1. The number of rotatable bonds is 6. The van der Waals surface area contributed by atoms with Crippen molar-refractivity contribution in [1.82, 2.24) is 10.3 Å². The summed E-state index contributed by atoms with van der Waals surface area (Å²) in [4.78, 5) is 4.04. The Morgan fingerprint density at radius 3 is 2.90 bits per heavy atom. The van der Waals surface area contributed by atoms with Gasteiger partial charge in [0, 0.05) is 24.5 Å². The maximum atomic E-state index is 14.1. The maximum absolute atomic E-state index is 14.1. The molecule has 0 radical (unpaired) electrons. The first-order valence-corrected chi connectivity index (χ1v) is 6.57. The topological polar surface area (TPSA) is 83.5 Å². The second kappa shape index (κ2) is 7.35. The zero-order chi connectivity index (χ0) is 15.1. The van der Waals surface area contributed by atoms with Crippen LogP contribution in [0, 0.1) is 5.82 Å². The molecule has 1 aromatic heterocycles. The summed E-state index contributed by atoms with van der Waals surface area (Å²) in [5.74, 6) is -0.702. The molecular weight excluding hydrogens is 271 g/mol. The predicted octanol–water partition coefficient (Wildman–Crippen LogP) is 1.65. The highest BCUT2D eigenvalue weighted by atomic mass is 19.1. The fourth-order valence-corrected chi connectivity index (χ4v) is 1.97. The molecule has 0 aliphatic carbocycles. The number of pyridine rings is 1. The lowest BCUT2D eigenvalue weighted by atomic mass is 10.1. The van der Waals surface area contributed by atoms with Gasteiger partial charge in [0.25, 0.3) is 0 Å². The van der Waals surface area contributed by atoms with Crippen LogP contribution in [0.25, 0.3) is 0 Å². The summed E-state index contributed by atoms with van der Waals surface area (Å²) in [7, 11) is 0. The lowest BCUT2D eigenvalue weighted by Gasteiger charge is -2.08. The molecule has 110 valence electrons. The number of hydrogen-bond donors (Lipinski definition) is 3. The molecule has 0 unspecified atom stereocenters. The molecule has 2 aromatic rings. The Morgan fingerprint density at radius 2 is 2.19 bits per heavy atom. The van der Waals surface area contributed by atoms with Crippen LogP contribution in [0.15, 0.2) is 47.9 Å². The number of amidine groups is 1. The van der Waals surface area contributed by atoms with Crippen molar-refractivity contribution in [2.45, 2.75) is 13.0 Å². The van der Waals surface area contributed by atoms with E-state index in [-0.39, 0.29) is 11.4 Å². The second-order valence-corrected chi connectivity index (χ2v) is 4.55. The molecule has 6 heteroatoms. The van der Waals surface area contributed by atoms with Crippen molar-refractivity contribution in [3.8, 4) is 0 Å². The summed E-state index contributed by atoms with van der Waals surface area (Å²) in [6.45, 7) is 1.08. The average Bonchev–Trinajstić information content (AvgIpc) is 2.53. The fourth-order valence-electron chi connectivity index (χ4n) is 1.97. The quantitative estimate of drug-likeness (QED) is 0.248. The molecule has 1 aromatic carbocycles. The number of halogens is 1. The van der Waals surface area contributed by atoms with Crippen molar-refractivity contribution in [3.05, 3.63) is 65.2 Å². The van der Waals surface area contributed by atoms with E-state index in [0.29, 0.717) is 18.7 Å². The van der Waals surface area contributed by atoms with Gasteiger partial charge in [0.15, 0.2) is 5.84 Å². The fraction of sp³-hybridized carbons (Fsp3) is 0.200. The van der Waals surface area contributed by atoms with Gasteiger partial charge in [0.05, 0.1) is 5.56 Å². The number of benzene rings is 1. The SMILES string of the molecule is N/C(=N/O)c1cccc(CNCCc2cccnc2)c1F. The van der Waals surface area contributed by atoms with Crippen LogP contribution in [0.1, 0.15) is 16.7 Å². The Hall–Kier alpha value is -2.47. The predicted molar refractivity (Wildman–Crippen MR) is 78.6 cm³/mol. The molecule has 1 heterocycles. The van der Waals surface area contributed by atoms with E-state index in [4.69, 9.17) is 10.9 Å². The van der Waals surface area contributed by atoms with E-state index < -0.39 is 5.82 Å². The van der Waals surface area contributed by atoms with Crippen LogP contribution in [0.3, 0.4) is 0 Å². The van der Waals surface area contributed by atoms with Gasteiger partial charge in [-0.1, -0.05) is 23.4 Å². The molecular formula is C15H17FN4O. The highest BCUT2D eigenvalue weighted by molar-refractivity contribution is 5.97. The van der Waals surface area contributed by atoms with Gasteiger partial charge >= 0.3 is 0 Å². The van der Waals surface area contributed by atoms with Crippen molar-refractivity contribution in [2.24, 2.45) is 10.9 Å². The summed E-state index contributed by atoms with van der Waals surface area (Å²) in [6.07, 6.45) is 4.35. The van der Waals surface area contributed by atoms with Crippen LogP contribution in [0.4, 0.5) is 4.39 Å². The average molecular weight is 288 g/mol. The monoisotopic (exact) mass is 288 g/mol. The molecule has 0 aliphatic heterocycles. The van der Waals surface area contributed by atoms with Gasteiger partial charge in [-0.25, -0.2) is 4.39 Å². The van der Waals surface area contributed by atoms with Crippen molar-refractivity contribution in [2.75, 3.05) is 6.54 Å². The van der Waals surface area contributed by atoms with Crippen molar-refractivity contribution in [1.29, 1.82) is 0 Å². The van der Waals surface area contributed by atoms with E-state index in [1.54, 1.807) is 24.5 Å². The van der Waals surface area contributed by atoms with Crippen LogP contribution < -0.4 is 11.1 Å². The Labute approximate surface area is 122 Å². The first-order chi connectivity index (χ1) is 10.2. The highest BCUT2D eigenvalue weighted by Gasteiger charge is 2.10. The number of hydrogen-bond acceptors (Lipinski definition) is 4. The van der Waals surface area contributed by atoms with Gasteiger partial charge in [-0.2, -0.15) is 0 Å². The Bertz CT molecular complexity index is 616. The Morgan fingerprint density at radius 1 is 1.33 bits per heavy atom. The van der Waals surface area contributed by atoms with Crippen molar-refractivity contribution in [3.63, 3.8) is 0 Å². The minimum Gasteiger partial charge on any atom is -0.409 e. The summed E-state index contributed by atoms with van der Waals surface area (Å²) in [6, 6.07) is 8.70. The molecule has 21 heavy (non-hydrogen) atoms. The van der Waals surface area contributed by atoms with E-state index in [0.717, 1.165) is 12.0 Å². The standard InChI is InChI=1S/C15H17FN4O/c16-14-12(4-1-5-13(14)15(17)20-21)10-19-8-6-11-3-2-7-18-9-11/h1-5,7,9,19,21H,6,8,10H2,(H2,17,20). The molecule has 0 fully saturated rings. The Balaban J connectivity index is 1.92. The molecule has 5 nitrogen and oxygen atoms in total. The lowest BCUT2D eigenvalue weighted by molar-refractivity contribution is 0.318. The highest BCUT2D eigenvalue weighted by Crippen LogP contribution is 2.12. The smallest absolute Gasteiger partial charge is 0.173 e. The Kier molecular flexibility index (Phi) is 5.22. The third-order valence-corrected chi connectivity index (χ3v) is 3.09. The van der Waals surface area contributed by atoms with Gasteiger partial charge in [-0.15, -0.1) is 0 Å². The molecule has 0 saturated carbocycles. The molecule has 4 N–H and O–H groups in total. The van der Waals surface area contributed by atoms with Crippen LogP contribution in [-0.4, -0.2) is 22.6 Å². The summed E-state index contributed by atoms with van der Waals surface area (Å²) < 4.78 is 14.1. The van der Waals surface area contributed by atoms with E-state index in [9.17, 15) is 4.39 Å². The van der Waals surface area contributed by atoms with Gasteiger partial charge in [0.1, 0.15) is 5.82 Å². The second-order valence-electron chi connectivity index (χ2n) is 4.55. The van der Waals surface area contributed by atoms with Gasteiger partial charge in [0.2, 0.25) is 0 Å². The number of nitrogens with one attached hydrogen (secondary N) is 1. The van der Waals surface area contributed by atoms with E-state index in [1.165, 1.54) is 6.07 Å². The first kappa shape index (κ1) is 14.9. The molecule has 0 amide bonds. The van der Waals surface area contributed by atoms with Gasteiger partial charge in [-0.05, 0) is 30.7 Å². The van der Waals surface area contributed by atoms with Gasteiger partial charge in [-0.3, -0.25) is 4.98 Å². The normalized spacial score (nSPS) is 11.6. The summed E-state index contributed by atoms with van der Waals surface area (Å²) in [5, 5.41) is 14.6. The largest absolute Gasteiger partial charge is 0.409 e. The van der Waals surface area contributed by atoms with Gasteiger partial charge < -0.3 is 16.3 Å². The minimum absolute atomic E-state index is 0.101. The third kappa shape index (κ3) is 4.00. The van der Waals surface area contributed by atoms with Crippen LogP contribution in [0.2, 0.25) is 0 Å². The van der Waals surface area contributed by atoms with Crippen LogP contribution in [0.5, 0.6) is 0 Å². The molecule has 0 bridgehead atoms. The summed E-state index contributed by atoms with van der Waals surface area (Å²) in [5.41, 5.74) is 7.13. The lowest BCUT2D eigenvalue weighted by Crippen LogP contribution is -2.20. The minimum atomic E-state index is -0.471. The molecule has 0 atom stereocenters. The first-order valence-electron chi connectivity index (χ1n) is 6.57. The molecule has 0 aliphatic rings. The van der Waals surface area contributed by atoms with E-state index in [1.807, 2.05) is 12.1 Å². The zero-order valence-electron chi connectivity index (χ0n) is 11.5. The zero-order valence-corrected chi connectivity index (χ0v) is 11.5. The number of nitrogens with zero attached hydrogens (tertiary/aromatic N) is 2. The number of nitrogens with two attached hydrogens (primary N) is 1. The third-order valence-electron chi connectivity index (χ3n) is 3.09.